The molecule has 2 aromatic rings. The summed E-state index contributed by atoms with van der Waals surface area (Å²) in [7, 11) is -4.43. The lowest BCUT2D eigenvalue weighted by Crippen LogP contribution is -2.48. The molecule has 4 rings (SSSR count). The summed E-state index contributed by atoms with van der Waals surface area (Å²) in [6.07, 6.45) is -2.37. The monoisotopic (exact) mass is 540 g/mol. The van der Waals surface area contributed by atoms with Crippen LogP contribution in [0.25, 0.3) is 0 Å². The molecule has 0 bridgehead atoms. The molecule has 1 atom stereocenters. The van der Waals surface area contributed by atoms with Crippen LogP contribution in [0.3, 0.4) is 0 Å². The average molecular weight is 541 g/mol. The van der Waals surface area contributed by atoms with Gasteiger partial charge in [0.2, 0.25) is 15.9 Å². The molecule has 0 aromatic heterocycles. The van der Waals surface area contributed by atoms with Crippen molar-refractivity contribution in [1.82, 2.24) is 9.21 Å². The van der Waals surface area contributed by atoms with Crippen molar-refractivity contribution in [2.45, 2.75) is 54.8 Å². The van der Waals surface area contributed by atoms with E-state index in [1.165, 1.54) is 6.07 Å². The van der Waals surface area contributed by atoms with Crippen molar-refractivity contribution in [1.29, 1.82) is 0 Å². The van der Waals surface area contributed by atoms with Crippen molar-refractivity contribution in [3.8, 4) is 0 Å². The van der Waals surface area contributed by atoms with E-state index in [4.69, 9.17) is 4.74 Å². The zero-order valence-electron chi connectivity index (χ0n) is 20.4. The molecule has 37 heavy (non-hydrogen) atoms. The van der Waals surface area contributed by atoms with Gasteiger partial charge in [-0.3, -0.25) is 4.79 Å². The van der Waals surface area contributed by atoms with E-state index < -0.39 is 38.3 Å². The Morgan fingerprint density at radius 3 is 2.32 bits per heavy atom. The van der Waals surface area contributed by atoms with Crippen LogP contribution in [0.4, 0.5) is 13.2 Å². The minimum absolute atomic E-state index is 0.0840. The van der Waals surface area contributed by atoms with Crippen LogP contribution in [-0.4, -0.2) is 67.5 Å². The molecule has 11 heteroatoms. The summed E-state index contributed by atoms with van der Waals surface area (Å²) in [4.78, 5) is 13.5. The van der Waals surface area contributed by atoms with Gasteiger partial charge < -0.3 is 14.7 Å². The van der Waals surface area contributed by atoms with Crippen LogP contribution >= 0.6 is 0 Å². The summed E-state index contributed by atoms with van der Waals surface area (Å²) in [5.74, 6) is -0.275. The standard InChI is InChI=1S/C26H31F3N2O5S/c27-26(28,29)22-11-4-5-12-23(22)37(34,35)31-15-7-6-10-21(31)18-36-19-24(32)30-16-13-25(33,14-17-30)20-8-2-1-3-9-20/h1-5,8-9,11-12,21,33H,6-7,10,13-19H2. The predicted molar refractivity (Wildman–Crippen MR) is 130 cm³/mol. The lowest BCUT2D eigenvalue weighted by atomic mass is 9.84. The highest BCUT2D eigenvalue weighted by Crippen LogP contribution is 2.37. The quantitative estimate of drug-likeness (QED) is 0.578. The van der Waals surface area contributed by atoms with Gasteiger partial charge in [-0.25, -0.2) is 8.42 Å². The molecule has 1 unspecified atom stereocenters. The third-order valence-electron chi connectivity index (χ3n) is 7.14. The Kier molecular flexibility index (Phi) is 8.27. The highest BCUT2D eigenvalue weighted by atomic mass is 32.2. The summed E-state index contributed by atoms with van der Waals surface area (Å²) in [5.41, 5.74) is -1.39. The van der Waals surface area contributed by atoms with E-state index in [0.717, 1.165) is 28.1 Å². The van der Waals surface area contributed by atoms with Crippen LogP contribution in [0.1, 0.15) is 43.2 Å². The molecule has 0 aliphatic carbocycles. The molecule has 2 fully saturated rings. The molecule has 0 radical (unpaired) electrons. The molecule has 1 amide bonds. The van der Waals surface area contributed by atoms with E-state index in [-0.39, 0.29) is 25.7 Å². The van der Waals surface area contributed by atoms with Crippen molar-refractivity contribution in [2.75, 3.05) is 32.8 Å². The largest absolute Gasteiger partial charge is 0.417 e. The van der Waals surface area contributed by atoms with E-state index in [9.17, 15) is 31.5 Å². The van der Waals surface area contributed by atoms with Crippen molar-refractivity contribution in [2.24, 2.45) is 0 Å². The number of sulfonamides is 1. The summed E-state index contributed by atoms with van der Waals surface area (Å²) in [6, 6.07) is 12.8. The number of carbonyl (C=O) groups is 1. The van der Waals surface area contributed by atoms with Gasteiger partial charge in [-0.2, -0.15) is 17.5 Å². The zero-order valence-corrected chi connectivity index (χ0v) is 21.2. The highest BCUT2D eigenvalue weighted by molar-refractivity contribution is 7.89. The van der Waals surface area contributed by atoms with Gasteiger partial charge in [0.1, 0.15) is 6.61 Å². The number of amides is 1. The number of rotatable bonds is 7. The van der Waals surface area contributed by atoms with Crippen LogP contribution in [0.5, 0.6) is 0 Å². The first-order valence-corrected chi connectivity index (χ1v) is 13.8. The average Bonchev–Trinajstić information content (AvgIpc) is 2.89. The molecule has 2 heterocycles. The molecule has 2 saturated heterocycles. The van der Waals surface area contributed by atoms with Crippen LogP contribution in [0.15, 0.2) is 59.5 Å². The molecule has 2 aromatic carbocycles. The number of hydrogen-bond donors (Lipinski definition) is 1. The fraction of sp³-hybridized carbons (Fsp3) is 0.500. The highest BCUT2D eigenvalue weighted by Gasteiger charge is 2.41. The van der Waals surface area contributed by atoms with Crippen LogP contribution in [0.2, 0.25) is 0 Å². The van der Waals surface area contributed by atoms with E-state index in [0.29, 0.717) is 45.2 Å². The first-order valence-electron chi connectivity index (χ1n) is 12.3. The minimum atomic E-state index is -4.81. The maximum absolute atomic E-state index is 13.5. The smallest absolute Gasteiger partial charge is 0.385 e. The molecule has 2 aliphatic rings. The Bertz CT molecular complexity index is 1180. The number of nitrogens with zero attached hydrogens (tertiary/aromatic N) is 2. The van der Waals surface area contributed by atoms with E-state index in [2.05, 4.69) is 0 Å². The number of carbonyl (C=O) groups excluding carboxylic acids is 1. The number of benzene rings is 2. The predicted octanol–water partition coefficient (Wildman–Crippen LogP) is 3.78. The van der Waals surface area contributed by atoms with Crippen molar-refractivity contribution in [3.05, 3.63) is 65.7 Å². The van der Waals surface area contributed by atoms with Gasteiger partial charge in [-0.1, -0.05) is 48.9 Å². The molecule has 7 nitrogen and oxygen atoms in total. The van der Waals surface area contributed by atoms with Crippen molar-refractivity contribution < 1.29 is 36.2 Å². The number of ether oxygens (including phenoxy) is 1. The van der Waals surface area contributed by atoms with Crippen molar-refractivity contribution in [3.63, 3.8) is 0 Å². The van der Waals surface area contributed by atoms with Gasteiger partial charge in [0.25, 0.3) is 0 Å². The number of hydrogen-bond acceptors (Lipinski definition) is 5. The van der Waals surface area contributed by atoms with E-state index >= 15 is 0 Å². The molecule has 1 N–H and O–H groups in total. The Balaban J connectivity index is 1.35. The van der Waals surface area contributed by atoms with Gasteiger partial charge >= 0.3 is 6.18 Å². The Morgan fingerprint density at radius 2 is 1.65 bits per heavy atom. The Morgan fingerprint density at radius 1 is 1.00 bits per heavy atom. The summed E-state index contributed by atoms with van der Waals surface area (Å²) < 4.78 is 73.7. The van der Waals surface area contributed by atoms with Gasteiger partial charge in [-0.15, -0.1) is 0 Å². The SMILES string of the molecule is O=C(COCC1CCCCN1S(=O)(=O)c1ccccc1C(F)(F)F)N1CCC(O)(c2ccccc2)CC1. The van der Waals surface area contributed by atoms with Gasteiger partial charge in [-0.05, 0) is 43.4 Å². The lowest BCUT2D eigenvalue weighted by molar-refractivity contribution is -0.141. The normalized spacial score (nSPS) is 21.1. The van der Waals surface area contributed by atoms with Crippen LogP contribution in [0, 0.1) is 0 Å². The van der Waals surface area contributed by atoms with Gasteiger partial charge in [0, 0.05) is 25.7 Å². The van der Waals surface area contributed by atoms with Gasteiger partial charge in [0.15, 0.2) is 0 Å². The second-order valence-electron chi connectivity index (χ2n) is 9.55. The zero-order chi connectivity index (χ0) is 26.7. The number of alkyl halides is 3. The second kappa shape index (κ2) is 11.1. The Labute approximate surface area is 214 Å². The van der Waals surface area contributed by atoms with E-state index in [1.807, 2.05) is 30.3 Å². The van der Waals surface area contributed by atoms with Crippen LogP contribution in [-0.2, 0) is 31.3 Å². The molecular weight excluding hydrogens is 509 g/mol. The number of halogens is 3. The number of likely N-dealkylation sites (tertiary alicyclic amines) is 1. The van der Waals surface area contributed by atoms with Crippen LogP contribution < -0.4 is 0 Å². The first kappa shape index (κ1) is 27.6. The number of piperidine rings is 2. The first-order chi connectivity index (χ1) is 17.5. The fourth-order valence-electron chi connectivity index (χ4n) is 5.05. The summed E-state index contributed by atoms with van der Waals surface area (Å²) in [5, 5.41) is 11.0. The van der Waals surface area contributed by atoms with Crippen molar-refractivity contribution >= 4 is 15.9 Å². The third kappa shape index (κ3) is 6.17. The topological polar surface area (TPSA) is 87.2 Å². The molecule has 0 saturated carbocycles. The molecular formula is C26H31F3N2O5S. The fourth-order valence-corrected chi connectivity index (χ4v) is 6.94. The summed E-state index contributed by atoms with van der Waals surface area (Å²) >= 11 is 0. The maximum atomic E-state index is 13.5. The molecule has 202 valence electrons. The summed E-state index contributed by atoms with van der Waals surface area (Å²) in [6.45, 7) is 0.423. The van der Waals surface area contributed by atoms with Gasteiger partial charge in [0.05, 0.1) is 22.7 Å². The molecule has 0 spiro atoms. The number of aliphatic hydroxyl groups is 1. The maximum Gasteiger partial charge on any atom is 0.417 e. The Hall–Kier alpha value is -2.47. The lowest BCUT2D eigenvalue weighted by Gasteiger charge is -2.38. The molecule has 2 aliphatic heterocycles. The van der Waals surface area contributed by atoms with E-state index in [1.54, 1.807) is 4.90 Å². The second-order valence-corrected chi connectivity index (χ2v) is 11.4. The third-order valence-corrected chi connectivity index (χ3v) is 9.15. The minimum Gasteiger partial charge on any atom is -0.385 e.